The summed E-state index contributed by atoms with van der Waals surface area (Å²) in [5.41, 5.74) is 4.04. The first-order chi connectivity index (χ1) is 9.49. The highest BCUT2D eigenvalue weighted by molar-refractivity contribution is 6.30. The smallest absolute Gasteiger partial charge is 0.141 e. The third-order valence-corrected chi connectivity index (χ3v) is 4.92. The van der Waals surface area contributed by atoms with E-state index in [1.165, 1.54) is 18.9 Å². The van der Waals surface area contributed by atoms with E-state index in [2.05, 4.69) is 24.4 Å². The second kappa shape index (κ2) is 6.39. The van der Waals surface area contributed by atoms with Crippen molar-refractivity contribution in [3.8, 4) is 0 Å². The summed E-state index contributed by atoms with van der Waals surface area (Å²) in [6.45, 7) is 0. The summed E-state index contributed by atoms with van der Waals surface area (Å²) in [4.78, 5) is 2.27. The van der Waals surface area contributed by atoms with Crippen molar-refractivity contribution in [2.45, 2.75) is 43.7 Å². The summed E-state index contributed by atoms with van der Waals surface area (Å²) in [5, 5.41) is 0.170. The first kappa shape index (κ1) is 15.7. The highest BCUT2D eigenvalue weighted by Crippen LogP contribution is 2.37. The second-order valence-electron chi connectivity index (χ2n) is 5.88. The van der Waals surface area contributed by atoms with Crippen LogP contribution in [-0.4, -0.2) is 30.6 Å². The third-order valence-electron chi connectivity index (χ3n) is 4.63. The van der Waals surface area contributed by atoms with Gasteiger partial charge in [-0.3, -0.25) is 11.3 Å². The van der Waals surface area contributed by atoms with Crippen molar-refractivity contribution in [2.24, 2.45) is 5.84 Å². The Balaban J connectivity index is 2.21. The van der Waals surface area contributed by atoms with Crippen LogP contribution in [0.15, 0.2) is 18.2 Å². The summed E-state index contributed by atoms with van der Waals surface area (Å²) in [6, 6.07) is 5.02. The van der Waals surface area contributed by atoms with E-state index >= 15 is 0 Å². The van der Waals surface area contributed by atoms with Crippen LogP contribution in [0.1, 0.15) is 31.2 Å². The van der Waals surface area contributed by atoms with Crippen LogP contribution in [0.2, 0.25) is 5.02 Å². The molecule has 5 heteroatoms. The number of hydrogen-bond donors (Lipinski definition) is 2. The standard InChI is InChI=1S/C15H23ClFN3/c1-20(2)15(7-3-4-8-15)14(19-18)10-11-5-6-13(17)12(16)9-11/h5-6,9,14,19H,3-4,7-8,10,18H2,1-2H3. The van der Waals surface area contributed by atoms with Crippen LogP contribution in [0.5, 0.6) is 0 Å². The van der Waals surface area contributed by atoms with E-state index in [1.54, 1.807) is 12.1 Å². The minimum atomic E-state index is -0.379. The fourth-order valence-electron chi connectivity index (χ4n) is 3.40. The average Bonchev–Trinajstić information content (AvgIpc) is 2.90. The fraction of sp³-hybridized carbons (Fsp3) is 0.600. The zero-order valence-corrected chi connectivity index (χ0v) is 12.9. The number of hydrogen-bond acceptors (Lipinski definition) is 3. The predicted molar refractivity (Wildman–Crippen MR) is 81.1 cm³/mol. The molecule has 112 valence electrons. The van der Waals surface area contributed by atoms with Gasteiger partial charge >= 0.3 is 0 Å². The predicted octanol–water partition coefficient (Wildman–Crippen LogP) is 2.73. The van der Waals surface area contributed by atoms with Gasteiger partial charge in [-0.25, -0.2) is 4.39 Å². The summed E-state index contributed by atoms with van der Waals surface area (Å²) < 4.78 is 13.2. The molecule has 0 aromatic heterocycles. The number of benzene rings is 1. The number of rotatable bonds is 5. The zero-order chi connectivity index (χ0) is 14.8. The van der Waals surface area contributed by atoms with Gasteiger partial charge in [0.05, 0.1) is 5.02 Å². The van der Waals surface area contributed by atoms with Gasteiger partial charge in [0.1, 0.15) is 5.82 Å². The van der Waals surface area contributed by atoms with Gasteiger partial charge in [-0.05, 0) is 51.1 Å². The first-order valence-electron chi connectivity index (χ1n) is 7.07. The minimum absolute atomic E-state index is 0.0651. The lowest BCUT2D eigenvalue weighted by atomic mass is 9.83. The molecule has 0 saturated heterocycles. The van der Waals surface area contributed by atoms with Crippen molar-refractivity contribution in [3.05, 3.63) is 34.6 Å². The topological polar surface area (TPSA) is 41.3 Å². The molecule has 0 aliphatic heterocycles. The molecule has 2 rings (SSSR count). The maximum Gasteiger partial charge on any atom is 0.141 e. The van der Waals surface area contributed by atoms with Gasteiger partial charge in [-0.1, -0.05) is 30.5 Å². The minimum Gasteiger partial charge on any atom is -0.302 e. The van der Waals surface area contributed by atoms with E-state index in [1.807, 2.05) is 0 Å². The van der Waals surface area contributed by atoms with Gasteiger partial charge in [0.15, 0.2) is 0 Å². The van der Waals surface area contributed by atoms with Crippen molar-refractivity contribution in [1.29, 1.82) is 0 Å². The molecule has 0 amide bonds. The number of nitrogens with two attached hydrogens (primary N) is 1. The molecule has 0 bridgehead atoms. The molecule has 1 saturated carbocycles. The molecule has 1 aromatic rings. The molecular weight excluding hydrogens is 277 g/mol. The van der Waals surface area contributed by atoms with E-state index in [0.717, 1.165) is 24.8 Å². The van der Waals surface area contributed by atoms with Crippen molar-refractivity contribution in [2.75, 3.05) is 14.1 Å². The van der Waals surface area contributed by atoms with Crippen molar-refractivity contribution in [3.63, 3.8) is 0 Å². The maximum absolute atomic E-state index is 13.2. The van der Waals surface area contributed by atoms with Crippen LogP contribution < -0.4 is 11.3 Å². The van der Waals surface area contributed by atoms with Gasteiger partial charge in [0, 0.05) is 11.6 Å². The summed E-state index contributed by atoms with van der Waals surface area (Å²) in [7, 11) is 4.21. The Morgan fingerprint density at radius 3 is 2.55 bits per heavy atom. The van der Waals surface area contributed by atoms with Crippen LogP contribution in [-0.2, 0) is 6.42 Å². The largest absolute Gasteiger partial charge is 0.302 e. The molecule has 1 aromatic carbocycles. The Kier molecular flexibility index (Phi) is 5.02. The monoisotopic (exact) mass is 299 g/mol. The average molecular weight is 300 g/mol. The van der Waals surface area contributed by atoms with Crippen LogP contribution in [0.25, 0.3) is 0 Å². The lowest BCUT2D eigenvalue weighted by molar-refractivity contribution is 0.104. The van der Waals surface area contributed by atoms with E-state index in [-0.39, 0.29) is 22.4 Å². The van der Waals surface area contributed by atoms with Crippen LogP contribution in [0.4, 0.5) is 4.39 Å². The molecule has 1 aliphatic carbocycles. The Morgan fingerprint density at radius 1 is 1.40 bits per heavy atom. The lowest BCUT2D eigenvalue weighted by Crippen LogP contribution is -2.60. The van der Waals surface area contributed by atoms with E-state index in [9.17, 15) is 4.39 Å². The van der Waals surface area contributed by atoms with E-state index < -0.39 is 0 Å². The van der Waals surface area contributed by atoms with Crippen LogP contribution in [0, 0.1) is 5.82 Å². The number of likely N-dealkylation sites (N-methyl/N-ethyl adjacent to an activating group) is 1. The SMILES string of the molecule is CN(C)C1(C(Cc2ccc(F)c(Cl)c2)NN)CCCC1. The first-order valence-corrected chi connectivity index (χ1v) is 7.45. The Labute approximate surface area is 125 Å². The molecular formula is C15H23ClFN3. The molecule has 20 heavy (non-hydrogen) atoms. The van der Waals surface area contributed by atoms with Gasteiger partial charge < -0.3 is 4.90 Å². The zero-order valence-electron chi connectivity index (χ0n) is 12.1. The number of halogens is 2. The third kappa shape index (κ3) is 2.98. The summed E-state index contributed by atoms with van der Waals surface area (Å²) in [6.07, 6.45) is 5.45. The van der Waals surface area contributed by atoms with Gasteiger partial charge in [0.25, 0.3) is 0 Å². The molecule has 0 spiro atoms. The molecule has 1 aliphatic rings. The van der Waals surface area contributed by atoms with Gasteiger partial charge in [-0.15, -0.1) is 0 Å². The highest BCUT2D eigenvalue weighted by Gasteiger charge is 2.42. The Bertz CT molecular complexity index is 458. The molecule has 3 N–H and O–H groups in total. The molecule has 1 fully saturated rings. The van der Waals surface area contributed by atoms with Crippen molar-refractivity contribution in [1.82, 2.24) is 10.3 Å². The van der Waals surface area contributed by atoms with Gasteiger partial charge in [0.2, 0.25) is 0 Å². The maximum atomic E-state index is 13.2. The van der Waals surface area contributed by atoms with Crippen LogP contribution in [0.3, 0.4) is 0 Å². The number of nitrogens with zero attached hydrogens (tertiary/aromatic N) is 1. The Hall–Kier alpha value is -0.680. The van der Waals surface area contributed by atoms with E-state index in [4.69, 9.17) is 17.4 Å². The fourth-order valence-corrected chi connectivity index (χ4v) is 3.60. The normalized spacial score (nSPS) is 19.5. The van der Waals surface area contributed by atoms with Crippen molar-refractivity contribution >= 4 is 11.6 Å². The number of hydrazine groups is 1. The summed E-state index contributed by atoms with van der Waals surface area (Å²) in [5.74, 6) is 5.43. The molecule has 0 heterocycles. The molecule has 0 radical (unpaired) electrons. The Morgan fingerprint density at radius 2 is 2.05 bits per heavy atom. The quantitative estimate of drug-likeness (QED) is 0.649. The van der Waals surface area contributed by atoms with Gasteiger partial charge in [-0.2, -0.15) is 0 Å². The second-order valence-corrected chi connectivity index (χ2v) is 6.28. The summed E-state index contributed by atoms with van der Waals surface area (Å²) >= 11 is 5.86. The van der Waals surface area contributed by atoms with E-state index in [0.29, 0.717) is 0 Å². The highest BCUT2D eigenvalue weighted by atomic mass is 35.5. The molecule has 1 atom stereocenters. The number of nitrogens with one attached hydrogen (secondary N) is 1. The van der Waals surface area contributed by atoms with Crippen molar-refractivity contribution < 1.29 is 4.39 Å². The molecule has 3 nitrogen and oxygen atoms in total. The lowest BCUT2D eigenvalue weighted by Gasteiger charge is -2.43. The van der Waals surface area contributed by atoms with Crippen LogP contribution >= 0.6 is 11.6 Å². The molecule has 1 unspecified atom stereocenters.